The van der Waals surface area contributed by atoms with E-state index in [1.807, 2.05) is 49.3 Å². The number of furan rings is 1. The third-order valence-electron chi connectivity index (χ3n) is 4.82. The van der Waals surface area contributed by atoms with Crippen molar-refractivity contribution < 1.29 is 9.21 Å². The molecular formula is C19H21N3O2S. The molecule has 1 aliphatic carbocycles. The summed E-state index contributed by atoms with van der Waals surface area (Å²) in [5, 5.41) is 2.84. The van der Waals surface area contributed by atoms with Crippen molar-refractivity contribution in [1.82, 2.24) is 14.5 Å². The Morgan fingerprint density at radius 1 is 1.44 bits per heavy atom. The Morgan fingerprint density at radius 3 is 2.84 bits per heavy atom. The monoisotopic (exact) mass is 355 g/mol. The molecule has 6 heteroatoms. The summed E-state index contributed by atoms with van der Waals surface area (Å²) >= 11 is 1.57. The number of carbonyl (C=O) groups excluding carboxylic acids is 1. The second kappa shape index (κ2) is 6.19. The van der Waals surface area contributed by atoms with E-state index in [1.165, 1.54) is 0 Å². The van der Waals surface area contributed by atoms with Crippen molar-refractivity contribution in [2.75, 3.05) is 0 Å². The fraction of sp³-hybridized carbons (Fsp3) is 0.368. The van der Waals surface area contributed by atoms with Gasteiger partial charge in [0.2, 0.25) is 0 Å². The van der Waals surface area contributed by atoms with Gasteiger partial charge in [0, 0.05) is 29.0 Å². The highest BCUT2D eigenvalue weighted by Crippen LogP contribution is 2.36. The first-order chi connectivity index (χ1) is 12.1. The summed E-state index contributed by atoms with van der Waals surface area (Å²) < 4.78 is 7.61. The Balaban J connectivity index is 1.71. The number of carbonyl (C=O) groups is 1. The maximum Gasteiger partial charge on any atom is 0.256 e. The standard InChI is InChI=1S/C19H21N3O2S/c1-12-11-16(13(2)21(12)19-20-8-10-25-19)18(23)22(15-6-7-15)14(3)17-5-4-9-24-17/h4-5,8-11,14-15H,6-7H2,1-3H3. The number of rotatable bonds is 5. The van der Waals surface area contributed by atoms with Crippen LogP contribution in [0.1, 0.15) is 53.3 Å². The van der Waals surface area contributed by atoms with Gasteiger partial charge in [0.05, 0.1) is 17.9 Å². The topological polar surface area (TPSA) is 51.3 Å². The maximum atomic E-state index is 13.4. The summed E-state index contributed by atoms with van der Waals surface area (Å²) in [6, 6.07) is 6.01. The molecule has 0 spiro atoms. The molecule has 5 nitrogen and oxygen atoms in total. The minimum absolute atomic E-state index is 0.0714. The first-order valence-electron chi connectivity index (χ1n) is 8.52. The van der Waals surface area contributed by atoms with Crippen LogP contribution in [0.2, 0.25) is 0 Å². The SMILES string of the molecule is Cc1cc(C(=O)N(C2CC2)C(C)c2ccco2)c(C)n1-c1nccs1. The van der Waals surface area contributed by atoms with Crippen LogP contribution < -0.4 is 0 Å². The normalized spacial score (nSPS) is 15.3. The van der Waals surface area contributed by atoms with Gasteiger partial charge in [-0.2, -0.15) is 0 Å². The lowest BCUT2D eigenvalue weighted by Crippen LogP contribution is -2.35. The molecule has 0 N–H and O–H groups in total. The third-order valence-corrected chi connectivity index (χ3v) is 5.58. The molecular weight excluding hydrogens is 334 g/mol. The molecule has 4 rings (SSSR count). The largest absolute Gasteiger partial charge is 0.467 e. The van der Waals surface area contributed by atoms with E-state index >= 15 is 0 Å². The van der Waals surface area contributed by atoms with Crippen molar-refractivity contribution in [3.63, 3.8) is 0 Å². The van der Waals surface area contributed by atoms with Gasteiger partial charge in [-0.1, -0.05) is 0 Å². The average Bonchev–Trinajstić information content (AvgIpc) is 3.03. The molecule has 3 aromatic rings. The highest BCUT2D eigenvalue weighted by Gasteiger charge is 2.38. The molecule has 0 aliphatic heterocycles. The van der Waals surface area contributed by atoms with Crippen molar-refractivity contribution in [2.45, 2.75) is 45.7 Å². The number of aryl methyl sites for hydroxylation is 1. The molecule has 1 atom stereocenters. The van der Waals surface area contributed by atoms with E-state index < -0.39 is 0 Å². The average molecular weight is 355 g/mol. The smallest absolute Gasteiger partial charge is 0.256 e. The molecule has 0 radical (unpaired) electrons. The zero-order valence-electron chi connectivity index (χ0n) is 14.6. The number of hydrogen-bond donors (Lipinski definition) is 0. The lowest BCUT2D eigenvalue weighted by Gasteiger charge is -2.28. The first kappa shape index (κ1) is 16.1. The quantitative estimate of drug-likeness (QED) is 0.677. The molecule has 1 saturated carbocycles. The van der Waals surface area contributed by atoms with Crippen molar-refractivity contribution in [1.29, 1.82) is 0 Å². The molecule has 1 unspecified atom stereocenters. The van der Waals surface area contributed by atoms with Crippen LogP contribution in [0.4, 0.5) is 0 Å². The van der Waals surface area contributed by atoms with Crippen LogP contribution in [-0.4, -0.2) is 26.4 Å². The molecule has 1 fully saturated rings. The van der Waals surface area contributed by atoms with Crippen molar-refractivity contribution in [3.05, 3.63) is 58.8 Å². The van der Waals surface area contributed by atoms with E-state index in [0.29, 0.717) is 6.04 Å². The number of amides is 1. The third kappa shape index (κ3) is 2.80. The van der Waals surface area contributed by atoms with Gasteiger partial charge >= 0.3 is 0 Å². The van der Waals surface area contributed by atoms with Gasteiger partial charge in [0.1, 0.15) is 5.76 Å². The molecule has 0 bridgehead atoms. The lowest BCUT2D eigenvalue weighted by molar-refractivity contribution is 0.0652. The van der Waals surface area contributed by atoms with E-state index in [1.54, 1.807) is 23.8 Å². The number of aromatic nitrogens is 2. The van der Waals surface area contributed by atoms with Gasteiger partial charge in [-0.05, 0) is 51.8 Å². The van der Waals surface area contributed by atoms with Crippen LogP contribution in [0, 0.1) is 13.8 Å². The van der Waals surface area contributed by atoms with Crippen molar-refractivity contribution in [2.24, 2.45) is 0 Å². The van der Waals surface area contributed by atoms with Crippen LogP contribution in [0.25, 0.3) is 5.13 Å². The summed E-state index contributed by atoms with van der Waals surface area (Å²) in [6.07, 6.45) is 5.57. The minimum atomic E-state index is -0.0714. The van der Waals surface area contributed by atoms with Crippen LogP contribution in [-0.2, 0) is 0 Å². The highest BCUT2D eigenvalue weighted by molar-refractivity contribution is 7.12. The van der Waals surface area contributed by atoms with Crippen LogP contribution >= 0.6 is 11.3 Å². The van der Waals surface area contributed by atoms with Crippen molar-refractivity contribution >= 4 is 17.2 Å². The van der Waals surface area contributed by atoms with E-state index in [2.05, 4.69) is 9.55 Å². The van der Waals surface area contributed by atoms with Gasteiger partial charge in [0.25, 0.3) is 5.91 Å². The van der Waals surface area contributed by atoms with Crippen LogP contribution in [0.5, 0.6) is 0 Å². The van der Waals surface area contributed by atoms with E-state index in [0.717, 1.165) is 40.7 Å². The van der Waals surface area contributed by atoms with Gasteiger partial charge in [-0.3, -0.25) is 9.36 Å². The first-order valence-corrected chi connectivity index (χ1v) is 9.40. The Labute approximate surface area is 150 Å². The molecule has 1 amide bonds. The molecule has 130 valence electrons. The maximum absolute atomic E-state index is 13.4. The highest BCUT2D eigenvalue weighted by atomic mass is 32.1. The van der Waals surface area contributed by atoms with Gasteiger partial charge in [0.15, 0.2) is 5.13 Å². The molecule has 25 heavy (non-hydrogen) atoms. The predicted molar refractivity (Wildman–Crippen MR) is 97.2 cm³/mol. The van der Waals surface area contributed by atoms with Crippen LogP contribution in [0.15, 0.2) is 40.5 Å². The molecule has 1 aliphatic rings. The molecule has 0 aromatic carbocycles. The second-order valence-corrected chi connectivity index (χ2v) is 7.44. The van der Waals surface area contributed by atoms with E-state index in [9.17, 15) is 4.79 Å². The fourth-order valence-corrected chi connectivity index (χ4v) is 4.17. The number of hydrogen-bond acceptors (Lipinski definition) is 4. The van der Waals surface area contributed by atoms with Crippen molar-refractivity contribution in [3.8, 4) is 5.13 Å². The molecule has 0 saturated heterocycles. The van der Waals surface area contributed by atoms with E-state index in [-0.39, 0.29) is 11.9 Å². The second-order valence-electron chi connectivity index (χ2n) is 6.57. The Morgan fingerprint density at radius 2 is 2.24 bits per heavy atom. The van der Waals surface area contributed by atoms with E-state index in [4.69, 9.17) is 4.42 Å². The van der Waals surface area contributed by atoms with Gasteiger partial charge in [-0.15, -0.1) is 11.3 Å². The zero-order chi connectivity index (χ0) is 17.6. The lowest BCUT2D eigenvalue weighted by atomic mass is 10.1. The summed E-state index contributed by atoms with van der Waals surface area (Å²) in [7, 11) is 0. The van der Waals surface area contributed by atoms with Gasteiger partial charge in [-0.25, -0.2) is 4.98 Å². The molecule has 3 aromatic heterocycles. The summed E-state index contributed by atoms with van der Waals surface area (Å²) in [6.45, 7) is 6.04. The Kier molecular flexibility index (Phi) is 4.00. The summed E-state index contributed by atoms with van der Waals surface area (Å²) in [5.41, 5.74) is 2.71. The zero-order valence-corrected chi connectivity index (χ0v) is 15.4. The Hall–Kier alpha value is -2.34. The Bertz CT molecular complexity index is 876. The summed E-state index contributed by atoms with van der Waals surface area (Å²) in [5.74, 6) is 0.899. The minimum Gasteiger partial charge on any atom is -0.467 e. The number of nitrogens with zero attached hydrogens (tertiary/aromatic N) is 3. The molecule has 3 heterocycles. The number of thiazole rings is 1. The summed E-state index contributed by atoms with van der Waals surface area (Å²) in [4.78, 5) is 19.7. The van der Waals surface area contributed by atoms with Crippen LogP contribution in [0.3, 0.4) is 0 Å². The predicted octanol–water partition coefficient (Wildman–Crippen LogP) is 4.51. The van der Waals surface area contributed by atoms with Gasteiger partial charge < -0.3 is 9.32 Å². The fourth-order valence-electron chi connectivity index (χ4n) is 3.42.